The average molecular weight is 335 g/mol. The summed E-state index contributed by atoms with van der Waals surface area (Å²) in [5.41, 5.74) is 1.17. The molecule has 2 rings (SSSR count). The minimum atomic E-state index is -0.442. The molecule has 0 bridgehead atoms. The molecular formula is C15H17N3O2S2. The van der Waals surface area contributed by atoms with Crippen molar-refractivity contribution in [1.29, 1.82) is 5.26 Å². The lowest BCUT2D eigenvalue weighted by atomic mass is 10.2. The summed E-state index contributed by atoms with van der Waals surface area (Å²) in [5.74, 6) is 0.971. The van der Waals surface area contributed by atoms with Gasteiger partial charge in [0.15, 0.2) is 0 Å². The van der Waals surface area contributed by atoms with Crippen molar-refractivity contribution in [1.82, 2.24) is 4.90 Å². The lowest BCUT2D eigenvalue weighted by Crippen LogP contribution is -2.47. The maximum atomic E-state index is 12.4. The summed E-state index contributed by atoms with van der Waals surface area (Å²) in [6.45, 7) is 1.85. The number of carbonyl (C=O) groups is 2. The molecule has 22 heavy (non-hydrogen) atoms. The second-order valence-corrected chi connectivity index (χ2v) is 7.06. The van der Waals surface area contributed by atoms with E-state index in [9.17, 15) is 9.59 Å². The van der Waals surface area contributed by atoms with Crippen LogP contribution in [-0.4, -0.2) is 45.9 Å². The molecule has 1 fully saturated rings. The van der Waals surface area contributed by atoms with Crippen molar-refractivity contribution >= 4 is 41.0 Å². The molecule has 0 aliphatic carbocycles. The fourth-order valence-electron chi connectivity index (χ4n) is 2.07. The Labute approximate surface area is 138 Å². The predicted molar refractivity (Wildman–Crippen MR) is 90.7 cm³/mol. The van der Waals surface area contributed by atoms with Gasteiger partial charge in [-0.2, -0.15) is 17.0 Å². The number of hydrogen-bond donors (Lipinski definition) is 1. The van der Waals surface area contributed by atoms with E-state index in [4.69, 9.17) is 5.26 Å². The van der Waals surface area contributed by atoms with Gasteiger partial charge in [0.2, 0.25) is 11.8 Å². The molecule has 0 radical (unpaired) electrons. The van der Waals surface area contributed by atoms with Gasteiger partial charge < -0.3 is 10.2 Å². The molecule has 1 aromatic rings. The lowest BCUT2D eigenvalue weighted by molar-refractivity contribution is -0.135. The number of thioether (sulfide) groups is 2. The third-order valence-electron chi connectivity index (χ3n) is 3.45. The third-order valence-corrected chi connectivity index (χ3v) is 5.37. The Hall–Kier alpha value is -1.65. The molecule has 1 aromatic carbocycles. The normalized spacial score (nSPS) is 18.6. The number of nitrogens with one attached hydrogen (secondary N) is 1. The Kier molecular flexibility index (Phi) is 5.75. The maximum Gasteiger partial charge on any atom is 0.248 e. The highest BCUT2D eigenvalue weighted by atomic mass is 32.2. The first-order valence-electron chi connectivity index (χ1n) is 6.79. The number of amides is 2. The van der Waals surface area contributed by atoms with E-state index >= 15 is 0 Å². The Bertz CT molecular complexity index is 598. The third kappa shape index (κ3) is 3.76. The summed E-state index contributed by atoms with van der Waals surface area (Å²) < 4.78 is 0. The second kappa shape index (κ2) is 7.56. The van der Waals surface area contributed by atoms with Crippen LogP contribution in [0.3, 0.4) is 0 Å². The van der Waals surface area contributed by atoms with Gasteiger partial charge in [-0.25, -0.2) is 0 Å². The molecule has 1 aliphatic heterocycles. The summed E-state index contributed by atoms with van der Waals surface area (Å²) in [6, 6.07) is 8.27. The molecule has 2 amide bonds. The molecule has 1 aliphatic rings. The van der Waals surface area contributed by atoms with Gasteiger partial charge in [-0.3, -0.25) is 9.59 Å². The number of benzene rings is 1. The van der Waals surface area contributed by atoms with E-state index < -0.39 is 6.04 Å². The van der Waals surface area contributed by atoms with Gasteiger partial charge in [0.05, 0.1) is 22.8 Å². The van der Waals surface area contributed by atoms with Crippen molar-refractivity contribution in [2.45, 2.75) is 18.2 Å². The second-order valence-electron chi connectivity index (χ2n) is 4.88. The molecule has 1 heterocycles. The summed E-state index contributed by atoms with van der Waals surface area (Å²) in [7, 11) is 0. The van der Waals surface area contributed by atoms with E-state index in [0.29, 0.717) is 22.9 Å². The van der Waals surface area contributed by atoms with Crippen LogP contribution in [0.15, 0.2) is 24.3 Å². The molecule has 0 unspecified atom stereocenters. The van der Waals surface area contributed by atoms with Crippen molar-refractivity contribution in [2.24, 2.45) is 0 Å². The standard InChI is InChI=1S/C15H17N3O2S2/c1-10(21-2)15(20)18-9-22-8-13(18)14(19)17-12-5-3-11(7-16)4-6-12/h3-6,10,13H,8-9H2,1-2H3,(H,17,19)/t10-,13-/m0/s1. The zero-order valence-electron chi connectivity index (χ0n) is 12.4. The highest BCUT2D eigenvalue weighted by molar-refractivity contribution is 8.00. The van der Waals surface area contributed by atoms with Crippen molar-refractivity contribution in [2.75, 3.05) is 23.2 Å². The molecule has 1 N–H and O–H groups in total. The number of nitrogens with zero attached hydrogens (tertiary/aromatic N) is 2. The first-order valence-corrected chi connectivity index (χ1v) is 9.23. The molecule has 7 heteroatoms. The number of hydrogen-bond acceptors (Lipinski definition) is 5. The van der Waals surface area contributed by atoms with Crippen LogP contribution in [0.1, 0.15) is 12.5 Å². The number of carbonyl (C=O) groups excluding carboxylic acids is 2. The van der Waals surface area contributed by atoms with Crippen LogP contribution in [0.5, 0.6) is 0 Å². The highest BCUT2D eigenvalue weighted by Crippen LogP contribution is 2.25. The van der Waals surface area contributed by atoms with E-state index in [-0.39, 0.29) is 17.1 Å². The van der Waals surface area contributed by atoms with Crippen LogP contribution in [-0.2, 0) is 9.59 Å². The lowest BCUT2D eigenvalue weighted by Gasteiger charge is -2.25. The summed E-state index contributed by atoms with van der Waals surface area (Å²) in [6.07, 6.45) is 1.89. The fourth-order valence-corrected chi connectivity index (χ4v) is 3.57. The zero-order valence-corrected chi connectivity index (χ0v) is 14.0. The Morgan fingerprint density at radius 1 is 1.45 bits per heavy atom. The first kappa shape index (κ1) is 16.7. The van der Waals surface area contributed by atoms with Gasteiger partial charge >= 0.3 is 0 Å². The zero-order chi connectivity index (χ0) is 16.1. The predicted octanol–water partition coefficient (Wildman–Crippen LogP) is 2.15. The van der Waals surface area contributed by atoms with Crippen LogP contribution < -0.4 is 5.32 Å². The van der Waals surface area contributed by atoms with Crippen LogP contribution in [0, 0.1) is 11.3 Å². The Balaban J connectivity index is 2.04. The quantitative estimate of drug-likeness (QED) is 0.913. The summed E-state index contributed by atoms with van der Waals surface area (Å²) in [5, 5.41) is 11.4. The van der Waals surface area contributed by atoms with Crippen LogP contribution in [0.4, 0.5) is 5.69 Å². The highest BCUT2D eigenvalue weighted by Gasteiger charge is 2.36. The monoisotopic (exact) mass is 335 g/mol. The number of rotatable bonds is 4. The van der Waals surface area contributed by atoms with E-state index in [2.05, 4.69) is 5.32 Å². The van der Waals surface area contributed by atoms with Gasteiger partial charge in [0.1, 0.15) is 6.04 Å². The summed E-state index contributed by atoms with van der Waals surface area (Å²) >= 11 is 3.06. The van der Waals surface area contributed by atoms with E-state index in [1.807, 2.05) is 19.2 Å². The fraction of sp³-hybridized carbons (Fsp3) is 0.400. The van der Waals surface area contributed by atoms with Gasteiger partial charge in [0.25, 0.3) is 0 Å². The Morgan fingerprint density at radius 2 is 2.14 bits per heavy atom. The molecule has 0 spiro atoms. The van der Waals surface area contributed by atoms with Gasteiger partial charge in [-0.15, -0.1) is 11.8 Å². The average Bonchev–Trinajstić information content (AvgIpc) is 3.03. The topological polar surface area (TPSA) is 73.2 Å². The Morgan fingerprint density at radius 3 is 2.73 bits per heavy atom. The van der Waals surface area contributed by atoms with Crippen molar-refractivity contribution < 1.29 is 9.59 Å². The molecule has 5 nitrogen and oxygen atoms in total. The molecule has 2 atom stereocenters. The smallest absolute Gasteiger partial charge is 0.248 e. The van der Waals surface area contributed by atoms with Gasteiger partial charge in [0, 0.05) is 11.4 Å². The molecule has 0 saturated carbocycles. The summed E-state index contributed by atoms with van der Waals surface area (Å²) in [4.78, 5) is 26.4. The van der Waals surface area contributed by atoms with Crippen molar-refractivity contribution in [3.8, 4) is 6.07 Å². The maximum absolute atomic E-state index is 12.4. The largest absolute Gasteiger partial charge is 0.324 e. The molecule has 1 saturated heterocycles. The molecule has 116 valence electrons. The van der Waals surface area contributed by atoms with E-state index in [1.165, 1.54) is 11.8 Å². The SMILES string of the molecule is CS[C@@H](C)C(=O)N1CSC[C@H]1C(=O)Nc1ccc(C#N)cc1. The van der Waals surface area contributed by atoms with Crippen LogP contribution >= 0.6 is 23.5 Å². The minimum Gasteiger partial charge on any atom is -0.324 e. The van der Waals surface area contributed by atoms with Crippen LogP contribution in [0.2, 0.25) is 0 Å². The molecule has 0 aromatic heterocycles. The number of nitriles is 1. The van der Waals surface area contributed by atoms with Crippen molar-refractivity contribution in [3.63, 3.8) is 0 Å². The van der Waals surface area contributed by atoms with Crippen LogP contribution in [0.25, 0.3) is 0 Å². The van der Waals surface area contributed by atoms with E-state index in [0.717, 1.165) is 0 Å². The van der Waals surface area contributed by atoms with Gasteiger partial charge in [-0.05, 0) is 37.4 Å². The van der Waals surface area contributed by atoms with E-state index in [1.54, 1.807) is 40.9 Å². The first-order chi connectivity index (χ1) is 10.6. The number of anilines is 1. The van der Waals surface area contributed by atoms with Crippen molar-refractivity contribution in [3.05, 3.63) is 29.8 Å². The minimum absolute atomic E-state index is 0.00233. The molecular weight excluding hydrogens is 318 g/mol. The van der Waals surface area contributed by atoms with Gasteiger partial charge in [-0.1, -0.05) is 0 Å².